The molecule has 0 radical (unpaired) electrons. The zero-order chi connectivity index (χ0) is 33.5. The third-order valence-corrected chi connectivity index (χ3v) is 11.1. The predicted octanol–water partition coefficient (Wildman–Crippen LogP) is 12.2. The fraction of sp³-hybridized carbons (Fsp3) is 0. The van der Waals surface area contributed by atoms with Gasteiger partial charge in [-0.15, -0.1) is 11.3 Å². The number of hydrogen-bond acceptors (Lipinski definition) is 5. The highest BCUT2D eigenvalue weighted by Crippen LogP contribution is 2.47. The zero-order valence-electron chi connectivity index (χ0n) is 27.1. The number of para-hydroxylation sites is 2. The molecule has 0 bridgehead atoms. The number of rotatable bonds is 4. The summed E-state index contributed by atoms with van der Waals surface area (Å²) in [6.07, 6.45) is 0. The maximum Gasteiger partial charge on any atom is 0.164 e. The Bertz CT molecular complexity index is 3030. The molecule has 7 aromatic carbocycles. The molecule has 0 aliphatic rings. The first kappa shape index (κ1) is 28.2. The molecule has 0 fully saturated rings. The minimum atomic E-state index is 0.610. The molecule has 0 aliphatic heterocycles. The van der Waals surface area contributed by atoms with Gasteiger partial charge in [0.25, 0.3) is 0 Å². The van der Waals surface area contributed by atoms with Gasteiger partial charge >= 0.3 is 0 Å². The Hall–Kier alpha value is -6.63. The normalized spacial score (nSPS) is 11.9. The third-order valence-electron chi connectivity index (χ3n) is 9.86. The van der Waals surface area contributed by atoms with E-state index < -0.39 is 0 Å². The van der Waals surface area contributed by atoms with Crippen molar-refractivity contribution in [3.05, 3.63) is 158 Å². The van der Waals surface area contributed by atoms with Gasteiger partial charge in [-0.3, -0.25) is 0 Å². The van der Waals surface area contributed by atoms with Crippen molar-refractivity contribution in [2.45, 2.75) is 0 Å². The molecule has 4 aromatic heterocycles. The van der Waals surface area contributed by atoms with Gasteiger partial charge in [-0.2, -0.15) is 0 Å². The second-order valence-corrected chi connectivity index (χ2v) is 13.8. The van der Waals surface area contributed by atoms with E-state index in [1.807, 2.05) is 84.1 Å². The third kappa shape index (κ3) is 4.24. The molecule has 0 unspecified atom stereocenters. The molecule has 4 heterocycles. The van der Waals surface area contributed by atoms with Gasteiger partial charge in [0.05, 0.1) is 21.4 Å². The van der Waals surface area contributed by atoms with Crippen molar-refractivity contribution in [3.8, 4) is 39.9 Å². The maximum atomic E-state index is 6.62. The summed E-state index contributed by atoms with van der Waals surface area (Å²) >= 11 is 1.83. The highest BCUT2D eigenvalue weighted by Gasteiger charge is 2.22. The molecule has 0 N–H and O–H groups in total. The lowest BCUT2D eigenvalue weighted by Crippen LogP contribution is -2.00. The van der Waals surface area contributed by atoms with E-state index in [1.54, 1.807) is 0 Å². The van der Waals surface area contributed by atoms with Crippen molar-refractivity contribution in [3.63, 3.8) is 0 Å². The quantitative estimate of drug-likeness (QED) is 0.187. The Morgan fingerprint density at radius 3 is 1.69 bits per heavy atom. The SMILES string of the molecule is c1ccc(-c2nc(-c3ccccc3)nc(-c3cccc4oc5ccc6sc7c(-n8c9ccccc9c9ccccc98)cccc7c6c5c34)n2)cc1. The number of fused-ring (bicyclic) bond motifs is 10. The molecule has 0 aliphatic carbocycles. The number of nitrogens with zero attached hydrogens (tertiary/aromatic N) is 4. The van der Waals surface area contributed by atoms with Gasteiger partial charge in [-0.25, -0.2) is 15.0 Å². The molecule has 0 atom stereocenters. The van der Waals surface area contributed by atoms with Crippen LogP contribution in [0.3, 0.4) is 0 Å². The van der Waals surface area contributed by atoms with E-state index in [0.717, 1.165) is 38.6 Å². The van der Waals surface area contributed by atoms with Crippen molar-refractivity contribution in [2.24, 2.45) is 0 Å². The van der Waals surface area contributed by atoms with Gasteiger partial charge in [-0.05, 0) is 36.4 Å². The van der Waals surface area contributed by atoms with E-state index in [-0.39, 0.29) is 0 Å². The van der Waals surface area contributed by atoms with Gasteiger partial charge < -0.3 is 8.98 Å². The standard InChI is InChI=1S/C45H26N4OS/c1-3-13-27(14-4-1)43-46-44(28-15-5-2-6-16-28)48-45(47-43)32-20-12-24-36-39(32)41-37(50-36)25-26-38-40(41)31-19-11-23-35(42(31)51-38)49-33-21-9-7-17-29(33)30-18-8-10-22-34(30)49/h1-26H. The summed E-state index contributed by atoms with van der Waals surface area (Å²) in [6.45, 7) is 0. The summed E-state index contributed by atoms with van der Waals surface area (Å²) in [5, 5.41) is 6.96. The molecule has 0 spiro atoms. The number of hydrogen-bond donors (Lipinski definition) is 0. The van der Waals surface area contributed by atoms with Crippen LogP contribution in [0.2, 0.25) is 0 Å². The monoisotopic (exact) mass is 670 g/mol. The van der Waals surface area contributed by atoms with Crippen LogP contribution in [0, 0.1) is 0 Å². The smallest absolute Gasteiger partial charge is 0.164 e. The van der Waals surface area contributed by atoms with Crippen LogP contribution in [0.25, 0.3) is 104 Å². The average molecular weight is 671 g/mol. The summed E-state index contributed by atoms with van der Waals surface area (Å²) in [6, 6.07) is 54.7. The van der Waals surface area contributed by atoms with Crippen LogP contribution in [0.5, 0.6) is 0 Å². The molecule has 0 saturated carbocycles. The Morgan fingerprint density at radius 2 is 1.00 bits per heavy atom. The summed E-state index contributed by atoms with van der Waals surface area (Å²) in [4.78, 5) is 15.2. The predicted molar refractivity (Wildman–Crippen MR) is 211 cm³/mol. The Balaban J connectivity index is 1.21. The van der Waals surface area contributed by atoms with E-state index in [9.17, 15) is 0 Å². The van der Waals surface area contributed by atoms with Crippen LogP contribution >= 0.6 is 11.3 Å². The molecule has 0 amide bonds. The Labute approximate surface area is 295 Å². The fourth-order valence-electron chi connectivity index (χ4n) is 7.66. The van der Waals surface area contributed by atoms with Crippen LogP contribution < -0.4 is 0 Å². The van der Waals surface area contributed by atoms with Crippen molar-refractivity contribution < 1.29 is 4.42 Å². The van der Waals surface area contributed by atoms with E-state index >= 15 is 0 Å². The van der Waals surface area contributed by atoms with Gasteiger partial charge in [0.2, 0.25) is 0 Å². The lowest BCUT2D eigenvalue weighted by Gasteiger charge is -2.10. The maximum absolute atomic E-state index is 6.62. The molecule has 0 saturated heterocycles. The van der Waals surface area contributed by atoms with Crippen LogP contribution in [-0.4, -0.2) is 19.5 Å². The molecule has 6 heteroatoms. The highest BCUT2D eigenvalue weighted by molar-refractivity contribution is 7.26. The summed E-state index contributed by atoms with van der Waals surface area (Å²) in [5.74, 6) is 1.87. The lowest BCUT2D eigenvalue weighted by molar-refractivity contribution is 0.669. The second kappa shape index (κ2) is 10.9. The van der Waals surface area contributed by atoms with Crippen molar-refractivity contribution in [1.29, 1.82) is 0 Å². The largest absolute Gasteiger partial charge is 0.456 e. The van der Waals surface area contributed by atoms with Gasteiger partial charge in [0, 0.05) is 53.7 Å². The van der Waals surface area contributed by atoms with Crippen LogP contribution in [0.4, 0.5) is 0 Å². The van der Waals surface area contributed by atoms with Crippen molar-refractivity contribution >= 4 is 75.3 Å². The van der Waals surface area contributed by atoms with Crippen LogP contribution in [0.15, 0.2) is 162 Å². The molecule has 51 heavy (non-hydrogen) atoms. The van der Waals surface area contributed by atoms with Crippen molar-refractivity contribution in [1.82, 2.24) is 19.5 Å². The van der Waals surface area contributed by atoms with E-state index in [1.165, 1.54) is 47.7 Å². The van der Waals surface area contributed by atoms with Crippen LogP contribution in [-0.2, 0) is 0 Å². The summed E-state index contributed by atoms with van der Waals surface area (Å²) < 4.78 is 11.5. The molecule has 11 rings (SSSR count). The topological polar surface area (TPSA) is 56.7 Å². The van der Waals surface area contributed by atoms with Gasteiger partial charge in [-0.1, -0.05) is 121 Å². The first-order valence-corrected chi connectivity index (χ1v) is 17.8. The minimum Gasteiger partial charge on any atom is -0.456 e. The number of benzene rings is 7. The highest BCUT2D eigenvalue weighted by atomic mass is 32.1. The summed E-state index contributed by atoms with van der Waals surface area (Å²) in [5.41, 5.74) is 7.99. The molecule has 5 nitrogen and oxygen atoms in total. The fourth-order valence-corrected chi connectivity index (χ4v) is 8.87. The zero-order valence-corrected chi connectivity index (χ0v) is 27.9. The number of thiophene rings is 1. The van der Waals surface area contributed by atoms with E-state index in [2.05, 4.69) is 89.5 Å². The van der Waals surface area contributed by atoms with Gasteiger partial charge in [0.15, 0.2) is 17.5 Å². The lowest BCUT2D eigenvalue weighted by atomic mass is 10.0. The molecular weight excluding hydrogens is 645 g/mol. The first-order valence-electron chi connectivity index (χ1n) is 17.0. The number of furan rings is 1. The van der Waals surface area contributed by atoms with E-state index in [0.29, 0.717) is 17.5 Å². The Kier molecular flexibility index (Phi) is 6.05. The van der Waals surface area contributed by atoms with E-state index in [4.69, 9.17) is 19.4 Å². The average Bonchev–Trinajstić information content (AvgIpc) is 3.88. The van der Waals surface area contributed by atoms with Crippen molar-refractivity contribution in [2.75, 3.05) is 0 Å². The van der Waals surface area contributed by atoms with Gasteiger partial charge in [0.1, 0.15) is 11.2 Å². The van der Waals surface area contributed by atoms with Crippen LogP contribution in [0.1, 0.15) is 0 Å². The molecule has 238 valence electrons. The second-order valence-electron chi connectivity index (χ2n) is 12.8. The molecule has 11 aromatic rings. The summed E-state index contributed by atoms with van der Waals surface area (Å²) in [7, 11) is 0. The Morgan fingerprint density at radius 1 is 0.431 bits per heavy atom. The number of aromatic nitrogens is 4. The first-order chi connectivity index (χ1) is 25.3. The molecular formula is C45H26N4OS. The minimum absolute atomic E-state index is 0.610.